The van der Waals surface area contributed by atoms with Crippen LogP contribution in [0, 0.1) is 6.92 Å². The van der Waals surface area contributed by atoms with Crippen molar-refractivity contribution < 1.29 is 8.42 Å². The fourth-order valence-corrected chi connectivity index (χ4v) is 5.39. The van der Waals surface area contributed by atoms with Gasteiger partial charge in [0.2, 0.25) is 10.0 Å². The van der Waals surface area contributed by atoms with E-state index in [1.807, 2.05) is 49.4 Å². The molecule has 6 heteroatoms. The lowest BCUT2D eigenvalue weighted by Crippen LogP contribution is -2.31. The number of benzene rings is 2. The molecule has 0 aliphatic rings. The number of hydrogen-bond acceptors (Lipinski definition) is 2. The molecule has 2 aromatic carbocycles. The summed E-state index contributed by atoms with van der Waals surface area (Å²) in [6.45, 7) is 5.05. The Bertz CT molecular complexity index is 847. The summed E-state index contributed by atoms with van der Waals surface area (Å²) in [5.74, 6) is 0. The molecule has 0 N–H and O–H groups in total. The van der Waals surface area contributed by atoms with Gasteiger partial charge in [-0.25, -0.2) is 8.42 Å². The third-order valence-electron chi connectivity index (χ3n) is 5.13. The molecule has 0 aliphatic carbocycles. The highest BCUT2D eigenvalue weighted by Gasteiger charge is 2.24. The second kappa shape index (κ2) is 12.4. The molecule has 0 saturated heterocycles. The molecular formula is C24H33Br2NO2S. The Balaban J connectivity index is 1.91. The van der Waals surface area contributed by atoms with Crippen molar-refractivity contribution >= 4 is 41.9 Å². The van der Waals surface area contributed by atoms with E-state index < -0.39 is 10.0 Å². The van der Waals surface area contributed by atoms with Gasteiger partial charge in [-0.15, -0.1) is 0 Å². The monoisotopic (exact) mass is 557 g/mol. The van der Waals surface area contributed by atoms with Gasteiger partial charge in [0.25, 0.3) is 0 Å². The van der Waals surface area contributed by atoms with Crippen molar-refractivity contribution in [2.75, 3.05) is 6.54 Å². The van der Waals surface area contributed by atoms with Crippen LogP contribution in [0.4, 0.5) is 0 Å². The molecule has 0 aliphatic heterocycles. The van der Waals surface area contributed by atoms with Crippen LogP contribution in [0.5, 0.6) is 0 Å². The highest BCUT2D eigenvalue weighted by molar-refractivity contribution is 9.25. The first-order valence-electron chi connectivity index (χ1n) is 10.7. The molecule has 0 bridgehead atoms. The predicted octanol–water partition coefficient (Wildman–Crippen LogP) is 7.42. The van der Waals surface area contributed by atoms with Gasteiger partial charge in [-0.1, -0.05) is 112 Å². The van der Waals surface area contributed by atoms with Crippen molar-refractivity contribution in [1.82, 2.24) is 4.31 Å². The summed E-state index contributed by atoms with van der Waals surface area (Å²) in [5, 5.41) is 0. The SMILES string of the molecule is Cc1ccc(S(=O)(=O)N(CCCCCCCCC(C)(Br)Br)Cc2ccccc2)cc1. The molecule has 0 heterocycles. The molecule has 30 heavy (non-hydrogen) atoms. The molecule has 0 aromatic heterocycles. The summed E-state index contributed by atoms with van der Waals surface area (Å²) in [6.07, 6.45) is 7.77. The van der Waals surface area contributed by atoms with Crippen molar-refractivity contribution in [1.29, 1.82) is 0 Å². The minimum atomic E-state index is -3.51. The number of rotatable bonds is 13. The summed E-state index contributed by atoms with van der Waals surface area (Å²) in [7, 11) is -3.51. The molecule has 0 fully saturated rings. The Morgan fingerprint density at radius 3 is 2.00 bits per heavy atom. The van der Waals surface area contributed by atoms with Crippen molar-refractivity contribution in [2.24, 2.45) is 0 Å². The minimum Gasteiger partial charge on any atom is -0.207 e. The van der Waals surface area contributed by atoms with Gasteiger partial charge in [0.1, 0.15) is 0 Å². The van der Waals surface area contributed by atoms with Gasteiger partial charge < -0.3 is 0 Å². The fraction of sp³-hybridized carbons (Fsp3) is 0.500. The van der Waals surface area contributed by atoms with Crippen LogP contribution in [-0.4, -0.2) is 22.5 Å². The standard InChI is InChI=1S/C24H33Br2NO2S/c1-21-14-16-23(17-15-21)30(28,29)27(20-22-12-8-7-9-13-22)19-11-6-4-3-5-10-18-24(2,25)26/h7-9,12-17H,3-6,10-11,18-20H2,1-2H3. The molecular weight excluding hydrogens is 526 g/mol. The molecule has 0 spiro atoms. The van der Waals surface area contributed by atoms with E-state index in [0.29, 0.717) is 18.0 Å². The lowest BCUT2D eigenvalue weighted by molar-refractivity contribution is 0.391. The number of hydrogen-bond donors (Lipinski definition) is 0. The first kappa shape index (κ1) is 25.6. The summed E-state index contributed by atoms with van der Waals surface area (Å²) in [4.78, 5) is 0.372. The van der Waals surface area contributed by atoms with Gasteiger partial charge in [0, 0.05) is 13.1 Å². The van der Waals surface area contributed by atoms with Crippen molar-refractivity contribution in [3.8, 4) is 0 Å². The molecule has 2 rings (SSSR count). The lowest BCUT2D eigenvalue weighted by atomic mass is 10.1. The van der Waals surface area contributed by atoms with Gasteiger partial charge >= 0.3 is 0 Å². The number of unbranched alkanes of at least 4 members (excludes halogenated alkanes) is 5. The quantitative estimate of drug-likeness (QED) is 0.189. The Labute approximate surface area is 199 Å². The number of nitrogens with zero attached hydrogens (tertiary/aromatic N) is 1. The Kier molecular flexibility index (Phi) is 10.5. The number of alkyl halides is 2. The minimum absolute atomic E-state index is 0.0439. The van der Waals surface area contributed by atoms with Gasteiger partial charge in [-0.05, 0) is 44.4 Å². The maximum absolute atomic E-state index is 13.3. The summed E-state index contributed by atoms with van der Waals surface area (Å²) in [6, 6.07) is 17.0. The number of aryl methyl sites for hydroxylation is 1. The van der Waals surface area contributed by atoms with Crippen LogP contribution >= 0.6 is 31.9 Å². The van der Waals surface area contributed by atoms with Gasteiger partial charge in [-0.2, -0.15) is 4.31 Å². The third kappa shape index (κ3) is 9.21. The van der Waals surface area contributed by atoms with Crippen molar-refractivity contribution in [2.45, 2.75) is 73.5 Å². The zero-order valence-electron chi connectivity index (χ0n) is 18.0. The van der Waals surface area contributed by atoms with E-state index in [9.17, 15) is 8.42 Å². The van der Waals surface area contributed by atoms with E-state index in [2.05, 4.69) is 38.8 Å². The number of halogens is 2. The maximum atomic E-state index is 13.3. The van der Waals surface area contributed by atoms with Gasteiger partial charge in [0.15, 0.2) is 0 Å². The van der Waals surface area contributed by atoms with Crippen LogP contribution in [0.1, 0.15) is 63.0 Å². The Morgan fingerprint density at radius 2 is 1.40 bits per heavy atom. The molecule has 0 unspecified atom stereocenters. The summed E-state index contributed by atoms with van der Waals surface area (Å²) in [5.41, 5.74) is 2.07. The average molecular weight is 559 g/mol. The van der Waals surface area contributed by atoms with Crippen LogP contribution in [0.2, 0.25) is 0 Å². The van der Waals surface area contributed by atoms with Crippen molar-refractivity contribution in [3.05, 3.63) is 65.7 Å². The van der Waals surface area contributed by atoms with Crippen LogP contribution < -0.4 is 0 Å². The molecule has 166 valence electrons. The smallest absolute Gasteiger partial charge is 0.207 e. The van der Waals surface area contributed by atoms with E-state index in [1.165, 1.54) is 19.3 Å². The van der Waals surface area contributed by atoms with Crippen LogP contribution in [0.15, 0.2) is 59.5 Å². The van der Waals surface area contributed by atoms with E-state index >= 15 is 0 Å². The average Bonchev–Trinajstić information content (AvgIpc) is 2.69. The molecule has 0 radical (unpaired) electrons. The van der Waals surface area contributed by atoms with E-state index in [1.54, 1.807) is 16.4 Å². The highest BCUT2D eigenvalue weighted by Crippen LogP contribution is 2.31. The Morgan fingerprint density at radius 1 is 0.833 bits per heavy atom. The molecule has 0 saturated carbocycles. The molecule has 0 atom stereocenters. The maximum Gasteiger partial charge on any atom is 0.243 e. The second-order valence-electron chi connectivity index (χ2n) is 8.08. The zero-order valence-corrected chi connectivity index (χ0v) is 22.0. The second-order valence-corrected chi connectivity index (χ2v) is 14.6. The number of sulfonamides is 1. The van der Waals surface area contributed by atoms with Gasteiger partial charge in [-0.3, -0.25) is 0 Å². The topological polar surface area (TPSA) is 37.4 Å². The first-order valence-corrected chi connectivity index (χ1v) is 13.7. The highest BCUT2D eigenvalue weighted by atomic mass is 79.9. The van der Waals surface area contributed by atoms with Crippen LogP contribution in [0.25, 0.3) is 0 Å². The largest absolute Gasteiger partial charge is 0.243 e. The Hall–Kier alpha value is -0.690. The van der Waals surface area contributed by atoms with Crippen LogP contribution in [-0.2, 0) is 16.6 Å². The predicted molar refractivity (Wildman–Crippen MR) is 134 cm³/mol. The van der Waals surface area contributed by atoms with Crippen molar-refractivity contribution in [3.63, 3.8) is 0 Å². The first-order chi connectivity index (χ1) is 14.2. The van der Waals surface area contributed by atoms with E-state index in [4.69, 9.17) is 0 Å². The van der Waals surface area contributed by atoms with Crippen LogP contribution in [0.3, 0.4) is 0 Å². The third-order valence-corrected chi connectivity index (χ3v) is 7.79. The molecule has 2 aromatic rings. The van der Waals surface area contributed by atoms with E-state index in [-0.39, 0.29) is 3.23 Å². The summed E-state index contributed by atoms with van der Waals surface area (Å²) < 4.78 is 28.2. The van der Waals surface area contributed by atoms with E-state index in [0.717, 1.165) is 36.8 Å². The molecule has 3 nitrogen and oxygen atoms in total. The summed E-state index contributed by atoms with van der Waals surface area (Å²) >= 11 is 7.22. The zero-order chi connectivity index (χ0) is 22.0. The fourth-order valence-electron chi connectivity index (χ4n) is 3.36. The van der Waals surface area contributed by atoms with Gasteiger partial charge in [0.05, 0.1) is 8.13 Å². The lowest BCUT2D eigenvalue weighted by Gasteiger charge is -2.22. The molecule has 0 amide bonds. The normalized spacial score (nSPS) is 12.4.